The van der Waals surface area contributed by atoms with Gasteiger partial charge in [0.15, 0.2) is 11.9 Å². The van der Waals surface area contributed by atoms with Gasteiger partial charge >= 0.3 is 0 Å². The van der Waals surface area contributed by atoms with E-state index in [9.17, 15) is 0 Å². The van der Waals surface area contributed by atoms with Crippen molar-refractivity contribution in [2.75, 3.05) is 20.3 Å². The first kappa shape index (κ1) is 22.9. The van der Waals surface area contributed by atoms with Gasteiger partial charge in [-0.3, -0.25) is 9.97 Å². The number of pyridine rings is 2. The van der Waals surface area contributed by atoms with Gasteiger partial charge in [-0.05, 0) is 62.8 Å². The summed E-state index contributed by atoms with van der Waals surface area (Å²) in [5.74, 6) is 0. The average molecular weight is 413 g/mol. The highest BCUT2D eigenvalue weighted by Crippen LogP contribution is 2.35. The molecule has 0 spiro atoms. The highest BCUT2D eigenvalue weighted by Gasteiger charge is 2.36. The van der Waals surface area contributed by atoms with Crippen LogP contribution in [0.25, 0.3) is 0 Å². The number of methoxy groups -OCH3 is 1. The third-order valence-electron chi connectivity index (χ3n) is 5.87. The van der Waals surface area contributed by atoms with E-state index >= 15 is 0 Å². The van der Waals surface area contributed by atoms with Crippen LogP contribution in [0.3, 0.4) is 0 Å². The van der Waals surface area contributed by atoms with Gasteiger partial charge in [-0.2, -0.15) is 0 Å². The zero-order chi connectivity index (χ0) is 20.9. The normalized spacial score (nSPS) is 17.2. The number of nitrogens with zero attached hydrogens (tertiary/aromatic N) is 2. The van der Waals surface area contributed by atoms with Crippen molar-refractivity contribution < 1.29 is 14.2 Å². The molecule has 2 aromatic heterocycles. The Morgan fingerprint density at radius 3 is 2.13 bits per heavy atom. The fourth-order valence-corrected chi connectivity index (χ4v) is 4.14. The molecule has 1 fully saturated rings. The van der Waals surface area contributed by atoms with E-state index in [2.05, 4.69) is 9.97 Å². The van der Waals surface area contributed by atoms with E-state index in [0.717, 1.165) is 50.3 Å². The summed E-state index contributed by atoms with van der Waals surface area (Å²) in [6, 6.07) is 12.0. The summed E-state index contributed by atoms with van der Waals surface area (Å²) in [5, 5.41) is 0. The summed E-state index contributed by atoms with van der Waals surface area (Å²) in [6.07, 6.45) is 15.1. The van der Waals surface area contributed by atoms with E-state index in [1.165, 1.54) is 38.5 Å². The molecular weight excluding hydrogens is 376 g/mol. The van der Waals surface area contributed by atoms with Crippen LogP contribution in [0.1, 0.15) is 75.6 Å². The molecule has 0 aromatic carbocycles. The molecule has 1 unspecified atom stereocenters. The summed E-state index contributed by atoms with van der Waals surface area (Å²) in [5.41, 5.74) is 1.26. The standard InChI is InChI=1S/C25H36N2O3/c1-28-25(22-14-6-10-18-26-22,23-15-7-11-19-27-23)17-9-4-2-3-5-12-20-29-24-16-8-13-21-30-24/h6-7,10-11,14-15,18-19,24H,2-5,8-9,12-13,16-17,20-21H2,1H3. The predicted octanol–water partition coefficient (Wildman–Crippen LogP) is 5.64. The van der Waals surface area contributed by atoms with E-state index < -0.39 is 5.60 Å². The summed E-state index contributed by atoms with van der Waals surface area (Å²) >= 11 is 0. The first-order valence-corrected chi connectivity index (χ1v) is 11.5. The van der Waals surface area contributed by atoms with Crippen molar-refractivity contribution in [2.45, 2.75) is 76.1 Å². The van der Waals surface area contributed by atoms with Gasteiger partial charge in [0.25, 0.3) is 0 Å². The monoisotopic (exact) mass is 412 g/mol. The Morgan fingerprint density at radius 1 is 0.900 bits per heavy atom. The number of aromatic nitrogens is 2. The van der Waals surface area contributed by atoms with Gasteiger partial charge in [0.05, 0.1) is 11.4 Å². The minimum Gasteiger partial charge on any atom is -0.366 e. The van der Waals surface area contributed by atoms with Crippen LogP contribution in [0, 0.1) is 0 Å². The Morgan fingerprint density at radius 2 is 1.57 bits per heavy atom. The number of ether oxygens (including phenoxy) is 3. The molecule has 3 rings (SSSR count). The summed E-state index contributed by atoms with van der Waals surface area (Å²) in [6.45, 7) is 1.67. The van der Waals surface area contributed by atoms with Crippen LogP contribution in [0.4, 0.5) is 0 Å². The topological polar surface area (TPSA) is 53.5 Å². The van der Waals surface area contributed by atoms with E-state index in [-0.39, 0.29) is 6.29 Å². The number of hydrogen-bond acceptors (Lipinski definition) is 5. The van der Waals surface area contributed by atoms with Crippen molar-refractivity contribution in [3.63, 3.8) is 0 Å². The highest BCUT2D eigenvalue weighted by atomic mass is 16.7. The van der Waals surface area contributed by atoms with Crippen molar-refractivity contribution in [1.82, 2.24) is 9.97 Å². The SMILES string of the molecule is COC(CCCCCCCCOC1CCCCO1)(c1ccccn1)c1ccccn1. The molecule has 0 bridgehead atoms. The third kappa shape index (κ3) is 6.59. The quantitative estimate of drug-likeness (QED) is 0.399. The zero-order valence-electron chi connectivity index (χ0n) is 18.3. The van der Waals surface area contributed by atoms with E-state index in [4.69, 9.17) is 14.2 Å². The van der Waals surface area contributed by atoms with Gasteiger partial charge in [-0.1, -0.05) is 37.8 Å². The zero-order valence-corrected chi connectivity index (χ0v) is 18.3. The first-order chi connectivity index (χ1) is 14.8. The molecule has 3 heterocycles. The smallest absolute Gasteiger partial charge is 0.157 e. The van der Waals surface area contributed by atoms with Gasteiger partial charge in [-0.25, -0.2) is 0 Å². The van der Waals surface area contributed by atoms with Crippen molar-refractivity contribution >= 4 is 0 Å². The second-order valence-electron chi connectivity index (χ2n) is 8.00. The molecule has 1 atom stereocenters. The lowest BCUT2D eigenvalue weighted by Gasteiger charge is -2.31. The maximum atomic E-state index is 6.07. The Balaban J connectivity index is 1.40. The molecule has 0 radical (unpaired) electrons. The molecule has 1 saturated heterocycles. The molecule has 2 aromatic rings. The molecule has 0 amide bonds. The van der Waals surface area contributed by atoms with Crippen LogP contribution < -0.4 is 0 Å². The lowest BCUT2D eigenvalue weighted by molar-refractivity contribution is -0.162. The molecule has 164 valence electrons. The molecule has 1 aliphatic rings. The molecule has 0 saturated carbocycles. The largest absolute Gasteiger partial charge is 0.366 e. The molecule has 1 aliphatic heterocycles. The Labute approximate surface area is 181 Å². The summed E-state index contributed by atoms with van der Waals surface area (Å²) in [4.78, 5) is 9.19. The van der Waals surface area contributed by atoms with Gasteiger partial charge in [0, 0.05) is 32.7 Å². The van der Waals surface area contributed by atoms with Gasteiger partial charge in [-0.15, -0.1) is 0 Å². The van der Waals surface area contributed by atoms with Crippen LogP contribution in [0.5, 0.6) is 0 Å². The Bertz CT molecular complexity index is 651. The maximum absolute atomic E-state index is 6.07. The van der Waals surface area contributed by atoms with E-state index in [1.807, 2.05) is 48.8 Å². The first-order valence-electron chi connectivity index (χ1n) is 11.5. The Hall–Kier alpha value is -1.82. The van der Waals surface area contributed by atoms with E-state index in [0.29, 0.717) is 0 Å². The van der Waals surface area contributed by atoms with Crippen molar-refractivity contribution in [3.05, 3.63) is 60.2 Å². The Kier molecular flexibility index (Phi) is 9.74. The summed E-state index contributed by atoms with van der Waals surface area (Å²) in [7, 11) is 1.76. The van der Waals surface area contributed by atoms with E-state index in [1.54, 1.807) is 7.11 Å². The lowest BCUT2D eigenvalue weighted by Crippen LogP contribution is -2.32. The highest BCUT2D eigenvalue weighted by molar-refractivity contribution is 5.27. The van der Waals surface area contributed by atoms with Crippen molar-refractivity contribution in [1.29, 1.82) is 0 Å². The van der Waals surface area contributed by atoms with Crippen LogP contribution in [-0.2, 0) is 19.8 Å². The van der Waals surface area contributed by atoms with Gasteiger partial charge in [0.2, 0.25) is 0 Å². The molecule has 5 heteroatoms. The van der Waals surface area contributed by atoms with Crippen LogP contribution >= 0.6 is 0 Å². The van der Waals surface area contributed by atoms with Crippen LogP contribution in [-0.4, -0.2) is 36.6 Å². The van der Waals surface area contributed by atoms with Gasteiger partial charge < -0.3 is 14.2 Å². The number of hydrogen-bond donors (Lipinski definition) is 0. The number of unbranched alkanes of at least 4 members (excludes halogenated alkanes) is 5. The lowest BCUT2D eigenvalue weighted by atomic mass is 9.87. The molecule has 0 aliphatic carbocycles. The van der Waals surface area contributed by atoms with Gasteiger partial charge in [0.1, 0.15) is 0 Å². The van der Waals surface area contributed by atoms with Crippen LogP contribution in [0.2, 0.25) is 0 Å². The average Bonchev–Trinajstić information content (AvgIpc) is 2.82. The van der Waals surface area contributed by atoms with Crippen molar-refractivity contribution in [2.24, 2.45) is 0 Å². The molecular formula is C25H36N2O3. The predicted molar refractivity (Wildman–Crippen MR) is 118 cm³/mol. The molecule has 5 nitrogen and oxygen atoms in total. The molecule has 0 N–H and O–H groups in total. The second kappa shape index (κ2) is 12.8. The maximum Gasteiger partial charge on any atom is 0.157 e. The fourth-order valence-electron chi connectivity index (χ4n) is 4.14. The van der Waals surface area contributed by atoms with Crippen LogP contribution in [0.15, 0.2) is 48.8 Å². The van der Waals surface area contributed by atoms with Crippen molar-refractivity contribution in [3.8, 4) is 0 Å². The summed E-state index contributed by atoms with van der Waals surface area (Å²) < 4.78 is 17.5. The molecule has 30 heavy (non-hydrogen) atoms. The third-order valence-corrected chi connectivity index (χ3v) is 5.87. The second-order valence-corrected chi connectivity index (χ2v) is 8.00. The fraction of sp³-hybridized carbons (Fsp3) is 0.600. The minimum absolute atomic E-state index is 0.0408. The minimum atomic E-state index is -0.587. The number of rotatable bonds is 13.